The summed E-state index contributed by atoms with van der Waals surface area (Å²) in [6, 6.07) is 19.7. The molecule has 0 amide bonds. The smallest absolute Gasteiger partial charge is 0.303 e. The molecular formula is C30H39NO5. The van der Waals surface area contributed by atoms with Crippen LogP contribution in [0.25, 0.3) is 0 Å². The van der Waals surface area contributed by atoms with Crippen LogP contribution in [0, 0.1) is 5.92 Å². The van der Waals surface area contributed by atoms with Gasteiger partial charge in [0.25, 0.3) is 0 Å². The molecule has 3 atom stereocenters. The standard InChI is InChI=1S/C30H39NO5/c1-31(20-12-13-21-35-25-16-8-5-9-17-25)30-26(18-10-2-3-11-19-29(33)34)28(22-27(30)32)36-23-24-14-6-4-7-15-24/h2,4-10,14-17,26,28,30H,3,11-13,18-23H2,1H3,(H,33,34)/b10-2-/t26-,28-,30+/m1/s1. The lowest BCUT2D eigenvalue weighted by atomic mass is 9.95. The Morgan fingerprint density at radius 2 is 1.75 bits per heavy atom. The minimum absolute atomic E-state index is 0.0718. The van der Waals surface area contributed by atoms with E-state index in [0.717, 1.165) is 43.5 Å². The van der Waals surface area contributed by atoms with E-state index in [1.165, 1.54) is 0 Å². The number of hydrogen-bond donors (Lipinski definition) is 1. The van der Waals surface area contributed by atoms with Crippen molar-refractivity contribution < 1.29 is 24.2 Å². The molecule has 0 radical (unpaired) electrons. The number of ketones is 1. The lowest BCUT2D eigenvalue weighted by molar-refractivity contribution is -0.137. The average Bonchev–Trinajstić information content (AvgIpc) is 3.20. The Kier molecular flexibility index (Phi) is 11.7. The largest absolute Gasteiger partial charge is 0.494 e. The number of carbonyl (C=O) groups is 2. The summed E-state index contributed by atoms with van der Waals surface area (Å²) < 4.78 is 12.1. The number of rotatable bonds is 16. The van der Waals surface area contributed by atoms with E-state index in [1.54, 1.807) is 0 Å². The van der Waals surface area contributed by atoms with Crippen molar-refractivity contribution in [3.63, 3.8) is 0 Å². The number of carboxylic acids is 1. The molecule has 3 rings (SSSR count). The number of benzene rings is 2. The van der Waals surface area contributed by atoms with Gasteiger partial charge in [-0.2, -0.15) is 0 Å². The van der Waals surface area contributed by atoms with Crippen LogP contribution in [0.1, 0.15) is 50.5 Å². The van der Waals surface area contributed by atoms with Crippen LogP contribution in [-0.2, 0) is 20.9 Å². The fraction of sp³-hybridized carbons (Fsp3) is 0.467. The second kappa shape index (κ2) is 15.2. The monoisotopic (exact) mass is 493 g/mol. The number of allylic oxidation sites excluding steroid dienone is 2. The molecule has 1 aliphatic rings. The van der Waals surface area contributed by atoms with Crippen molar-refractivity contribution in [3.05, 3.63) is 78.4 Å². The van der Waals surface area contributed by atoms with Gasteiger partial charge in [0.15, 0.2) is 5.78 Å². The normalized spacial score (nSPS) is 19.8. The second-order valence-electron chi connectivity index (χ2n) is 9.46. The number of carbonyl (C=O) groups excluding carboxylic acids is 1. The van der Waals surface area contributed by atoms with Crippen LogP contribution in [0.15, 0.2) is 72.8 Å². The average molecular weight is 494 g/mol. The molecule has 2 aromatic carbocycles. The first-order valence-corrected chi connectivity index (χ1v) is 13.0. The van der Waals surface area contributed by atoms with Gasteiger partial charge in [-0.1, -0.05) is 60.7 Å². The summed E-state index contributed by atoms with van der Waals surface area (Å²) >= 11 is 0. The summed E-state index contributed by atoms with van der Waals surface area (Å²) in [6.07, 6.45) is 8.56. The van der Waals surface area contributed by atoms with Gasteiger partial charge < -0.3 is 14.6 Å². The lowest BCUT2D eigenvalue weighted by Gasteiger charge is -2.30. The van der Waals surface area contributed by atoms with Crippen LogP contribution in [0.5, 0.6) is 5.75 Å². The fourth-order valence-corrected chi connectivity index (χ4v) is 4.78. The Morgan fingerprint density at radius 1 is 1.03 bits per heavy atom. The maximum atomic E-state index is 13.1. The van der Waals surface area contributed by atoms with E-state index < -0.39 is 5.97 Å². The minimum Gasteiger partial charge on any atom is -0.494 e. The molecule has 0 unspecified atom stereocenters. The quantitative estimate of drug-likeness (QED) is 0.245. The third-order valence-corrected chi connectivity index (χ3v) is 6.65. The predicted molar refractivity (Wildman–Crippen MR) is 141 cm³/mol. The SMILES string of the molecule is CN(CCCCOc1ccccc1)[C@@H]1C(=O)C[C@@H](OCc2ccccc2)[C@H]1C/C=C\CCCC(=O)O. The third kappa shape index (κ3) is 9.25. The molecular weight excluding hydrogens is 454 g/mol. The van der Waals surface area contributed by atoms with E-state index in [-0.39, 0.29) is 30.3 Å². The van der Waals surface area contributed by atoms with E-state index in [2.05, 4.69) is 11.0 Å². The Labute approximate surface area is 214 Å². The highest BCUT2D eigenvalue weighted by atomic mass is 16.5. The molecule has 0 spiro atoms. The molecule has 0 aromatic heterocycles. The van der Waals surface area contributed by atoms with Crippen molar-refractivity contribution in [1.82, 2.24) is 4.90 Å². The van der Waals surface area contributed by atoms with Gasteiger partial charge in [0.05, 0.1) is 25.4 Å². The van der Waals surface area contributed by atoms with Gasteiger partial charge in [0, 0.05) is 18.8 Å². The first-order chi connectivity index (χ1) is 17.5. The molecule has 6 heteroatoms. The van der Waals surface area contributed by atoms with Gasteiger partial charge in [0.1, 0.15) is 5.75 Å². The Morgan fingerprint density at radius 3 is 2.47 bits per heavy atom. The highest BCUT2D eigenvalue weighted by molar-refractivity contribution is 5.87. The summed E-state index contributed by atoms with van der Waals surface area (Å²) in [4.78, 5) is 26.0. The number of carboxylic acid groups (broad SMARTS) is 1. The molecule has 0 heterocycles. The van der Waals surface area contributed by atoms with Crippen molar-refractivity contribution >= 4 is 11.8 Å². The van der Waals surface area contributed by atoms with Crippen molar-refractivity contribution in [1.29, 1.82) is 0 Å². The van der Waals surface area contributed by atoms with Gasteiger partial charge in [-0.15, -0.1) is 0 Å². The van der Waals surface area contributed by atoms with Crippen molar-refractivity contribution in [2.45, 2.75) is 63.7 Å². The first-order valence-electron chi connectivity index (χ1n) is 13.0. The molecule has 1 aliphatic carbocycles. The second-order valence-corrected chi connectivity index (χ2v) is 9.46. The van der Waals surface area contributed by atoms with Crippen LogP contribution >= 0.6 is 0 Å². The van der Waals surface area contributed by atoms with Gasteiger partial charge in [-0.25, -0.2) is 0 Å². The van der Waals surface area contributed by atoms with Crippen molar-refractivity contribution in [2.75, 3.05) is 20.2 Å². The summed E-state index contributed by atoms with van der Waals surface area (Å²) in [5.74, 6) is 0.420. The Hall–Kier alpha value is -2.96. The number of likely N-dealkylation sites (N-methyl/N-ethyl adjacent to an activating group) is 1. The fourth-order valence-electron chi connectivity index (χ4n) is 4.78. The summed E-state index contributed by atoms with van der Waals surface area (Å²) in [5.41, 5.74) is 1.10. The summed E-state index contributed by atoms with van der Waals surface area (Å²) in [5, 5.41) is 8.83. The van der Waals surface area contributed by atoms with Crippen molar-refractivity contribution in [3.8, 4) is 5.75 Å². The number of hydrogen-bond acceptors (Lipinski definition) is 5. The molecule has 1 N–H and O–H groups in total. The number of ether oxygens (including phenoxy) is 2. The van der Waals surface area contributed by atoms with Crippen LogP contribution in [0.4, 0.5) is 0 Å². The summed E-state index contributed by atoms with van der Waals surface area (Å²) in [6.45, 7) is 1.96. The van der Waals surface area contributed by atoms with Crippen LogP contribution < -0.4 is 4.74 Å². The predicted octanol–water partition coefficient (Wildman–Crippen LogP) is 5.52. The van der Waals surface area contributed by atoms with Crippen LogP contribution in [0.3, 0.4) is 0 Å². The Balaban J connectivity index is 1.53. The minimum atomic E-state index is -0.768. The number of Topliss-reactive ketones (excluding diaryl/α,β-unsaturated/α-hetero) is 1. The van der Waals surface area contributed by atoms with E-state index in [9.17, 15) is 9.59 Å². The number of unbranched alkanes of at least 4 members (excludes halogenated alkanes) is 2. The van der Waals surface area contributed by atoms with E-state index in [4.69, 9.17) is 14.6 Å². The first kappa shape index (κ1) is 27.6. The molecule has 0 bridgehead atoms. The van der Waals surface area contributed by atoms with Crippen LogP contribution in [-0.4, -0.2) is 54.1 Å². The number of aliphatic carboxylic acids is 1. The molecule has 2 aromatic rings. The van der Waals surface area contributed by atoms with E-state index in [0.29, 0.717) is 26.1 Å². The third-order valence-electron chi connectivity index (χ3n) is 6.65. The number of para-hydroxylation sites is 1. The molecule has 0 aliphatic heterocycles. The highest BCUT2D eigenvalue weighted by Gasteiger charge is 2.44. The van der Waals surface area contributed by atoms with Gasteiger partial charge in [0.2, 0.25) is 0 Å². The zero-order chi connectivity index (χ0) is 25.6. The van der Waals surface area contributed by atoms with E-state index >= 15 is 0 Å². The molecule has 36 heavy (non-hydrogen) atoms. The van der Waals surface area contributed by atoms with Gasteiger partial charge in [-0.3, -0.25) is 14.5 Å². The van der Waals surface area contributed by atoms with Gasteiger partial charge in [-0.05, 0) is 63.4 Å². The highest BCUT2D eigenvalue weighted by Crippen LogP contribution is 2.33. The molecule has 6 nitrogen and oxygen atoms in total. The molecule has 0 saturated heterocycles. The summed E-state index contributed by atoms with van der Waals surface area (Å²) in [7, 11) is 2.03. The molecule has 1 fully saturated rings. The van der Waals surface area contributed by atoms with Crippen molar-refractivity contribution in [2.24, 2.45) is 5.92 Å². The molecule has 194 valence electrons. The van der Waals surface area contributed by atoms with Crippen LogP contribution in [0.2, 0.25) is 0 Å². The zero-order valence-electron chi connectivity index (χ0n) is 21.3. The Bertz CT molecular complexity index is 946. The lowest BCUT2D eigenvalue weighted by Crippen LogP contribution is -2.41. The maximum Gasteiger partial charge on any atom is 0.303 e. The topological polar surface area (TPSA) is 76.1 Å². The number of nitrogens with zero attached hydrogens (tertiary/aromatic N) is 1. The van der Waals surface area contributed by atoms with E-state index in [1.807, 2.05) is 73.8 Å². The maximum absolute atomic E-state index is 13.1. The van der Waals surface area contributed by atoms with Gasteiger partial charge >= 0.3 is 5.97 Å². The molecule has 1 saturated carbocycles. The zero-order valence-corrected chi connectivity index (χ0v) is 21.3.